The lowest BCUT2D eigenvalue weighted by Gasteiger charge is -2.18. The van der Waals surface area contributed by atoms with Crippen LogP contribution in [-0.4, -0.2) is 52.9 Å². The smallest absolute Gasteiger partial charge is 0.292 e. The van der Waals surface area contributed by atoms with Crippen LogP contribution in [0.3, 0.4) is 0 Å². The Morgan fingerprint density at radius 1 is 1.43 bits per heavy atom. The molecule has 0 aliphatic carbocycles. The first kappa shape index (κ1) is 15.2. The lowest BCUT2D eigenvalue weighted by atomic mass is 10.1. The molecular formula is C13H17N3O5. The van der Waals surface area contributed by atoms with E-state index in [4.69, 9.17) is 0 Å². The molecule has 114 valence electrons. The average molecular weight is 295 g/mol. The van der Waals surface area contributed by atoms with Crippen LogP contribution in [0, 0.1) is 10.1 Å². The van der Waals surface area contributed by atoms with Crippen molar-refractivity contribution in [2.45, 2.75) is 19.1 Å². The van der Waals surface area contributed by atoms with E-state index < -0.39 is 17.1 Å². The summed E-state index contributed by atoms with van der Waals surface area (Å²) in [6.07, 6.45) is -1.92. The average Bonchev–Trinajstić information content (AvgIpc) is 2.78. The summed E-state index contributed by atoms with van der Waals surface area (Å²) >= 11 is 0. The Kier molecular flexibility index (Phi) is 4.39. The van der Waals surface area contributed by atoms with Gasteiger partial charge in [-0.3, -0.25) is 14.9 Å². The zero-order valence-electron chi connectivity index (χ0n) is 11.5. The Hall–Kier alpha value is -2.19. The molecule has 1 aromatic carbocycles. The highest BCUT2D eigenvalue weighted by atomic mass is 16.6. The second kappa shape index (κ2) is 6.06. The van der Waals surface area contributed by atoms with Crippen LogP contribution in [0.1, 0.15) is 17.3 Å². The molecule has 8 nitrogen and oxygen atoms in total. The first-order valence-electron chi connectivity index (χ1n) is 6.61. The van der Waals surface area contributed by atoms with Gasteiger partial charge in [0.15, 0.2) is 0 Å². The van der Waals surface area contributed by atoms with Gasteiger partial charge in [0.05, 0.1) is 17.1 Å². The number of aliphatic hydroxyl groups excluding tert-OH is 2. The van der Waals surface area contributed by atoms with Gasteiger partial charge >= 0.3 is 0 Å². The largest absolute Gasteiger partial charge is 0.389 e. The van der Waals surface area contributed by atoms with Crippen molar-refractivity contribution in [2.24, 2.45) is 0 Å². The van der Waals surface area contributed by atoms with Crippen molar-refractivity contribution < 1.29 is 19.9 Å². The van der Waals surface area contributed by atoms with Crippen molar-refractivity contribution in [1.82, 2.24) is 5.32 Å². The fraction of sp³-hybridized carbons (Fsp3) is 0.462. The number of amides is 1. The van der Waals surface area contributed by atoms with E-state index in [0.717, 1.165) is 0 Å². The molecule has 8 heteroatoms. The number of aliphatic hydroxyl groups is 2. The minimum atomic E-state index is -0.960. The summed E-state index contributed by atoms with van der Waals surface area (Å²) in [6, 6.07) is 4.06. The third-order valence-corrected chi connectivity index (χ3v) is 3.37. The molecular weight excluding hydrogens is 278 g/mol. The highest BCUT2D eigenvalue weighted by Gasteiger charge is 2.33. The number of nitro groups is 1. The molecule has 1 heterocycles. The number of β-amino-alcohol motifs (C(OH)–C–C–N with tert-alkyl or cyclic N) is 2. The third-order valence-electron chi connectivity index (χ3n) is 3.37. The SMILES string of the molecule is CCNC(=O)c1ccc([N+](=O)[O-])c(N2CC(O)C(O)C2)c1. The van der Waals surface area contributed by atoms with Crippen LogP contribution in [0.2, 0.25) is 0 Å². The maximum absolute atomic E-state index is 11.8. The van der Waals surface area contributed by atoms with Crippen molar-refractivity contribution >= 4 is 17.3 Å². The van der Waals surface area contributed by atoms with E-state index in [0.29, 0.717) is 12.1 Å². The number of hydrogen-bond donors (Lipinski definition) is 3. The predicted molar refractivity (Wildman–Crippen MR) is 75.3 cm³/mol. The molecule has 1 saturated heterocycles. The molecule has 1 fully saturated rings. The summed E-state index contributed by atoms with van der Waals surface area (Å²) in [7, 11) is 0. The quantitative estimate of drug-likeness (QED) is 0.527. The monoisotopic (exact) mass is 295 g/mol. The van der Waals surface area contributed by atoms with E-state index in [9.17, 15) is 25.1 Å². The van der Waals surface area contributed by atoms with Crippen molar-refractivity contribution in [1.29, 1.82) is 0 Å². The predicted octanol–water partition coefficient (Wildman–Crippen LogP) is -0.114. The van der Waals surface area contributed by atoms with Crippen LogP contribution in [0.15, 0.2) is 18.2 Å². The van der Waals surface area contributed by atoms with Gasteiger partial charge < -0.3 is 20.4 Å². The fourth-order valence-electron chi connectivity index (χ4n) is 2.30. The number of anilines is 1. The van der Waals surface area contributed by atoms with E-state index in [2.05, 4.69) is 5.32 Å². The molecule has 0 saturated carbocycles. The van der Waals surface area contributed by atoms with E-state index in [1.807, 2.05) is 0 Å². The van der Waals surface area contributed by atoms with Crippen LogP contribution in [0.4, 0.5) is 11.4 Å². The van der Waals surface area contributed by atoms with Gasteiger partial charge in [0, 0.05) is 31.3 Å². The number of nitro benzene ring substituents is 1. The molecule has 2 atom stereocenters. The Balaban J connectivity index is 2.38. The summed E-state index contributed by atoms with van der Waals surface area (Å²) in [5.41, 5.74) is 0.358. The Morgan fingerprint density at radius 3 is 2.57 bits per heavy atom. The molecule has 21 heavy (non-hydrogen) atoms. The minimum Gasteiger partial charge on any atom is -0.389 e. The van der Waals surface area contributed by atoms with E-state index in [-0.39, 0.29) is 30.4 Å². The topological polar surface area (TPSA) is 116 Å². The molecule has 2 rings (SSSR count). The van der Waals surface area contributed by atoms with E-state index in [1.165, 1.54) is 23.1 Å². The first-order chi connectivity index (χ1) is 9.93. The number of rotatable bonds is 4. The molecule has 1 aliphatic heterocycles. The van der Waals surface area contributed by atoms with Gasteiger partial charge in [-0.05, 0) is 19.1 Å². The van der Waals surface area contributed by atoms with E-state index in [1.54, 1.807) is 6.92 Å². The maximum Gasteiger partial charge on any atom is 0.292 e. The number of hydrogen-bond acceptors (Lipinski definition) is 6. The number of benzene rings is 1. The highest BCUT2D eigenvalue weighted by Crippen LogP contribution is 2.31. The van der Waals surface area contributed by atoms with Crippen LogP contribution in [0.25, 0.3) is 0 Å². The van der Waals surface area contributed by atoms with Gasteiger partial charge in [-0.2, -0.15) is 0 Å². The molecule has 1 aliphatic rings. The van der Waals surface area contributed by atoms with Gasteiger partial charge in [-0.25, -0.2) is 0 Å². The lowest BCUT2D eigenvalue weighted by molar-refractivity contribution is -0.384. The number of nitrogens with zero attached hydrogens (tertiary/aromatic N) is 2. The third kappa shape index (κ3) is 3.11. The van der Waals surface area contributed by atoms with Crippen LogP contribution >= 0.6 is 0 Å². The second-order valence-corrected chi connectivity index (χ2v) is 4.86. The maximum atomic E-state index is 11.8. The Bertz CT molecular complexity index is 553. The Morgan fingerprint density at radius 2 is 2.05 bits per heavy atom. The molecule has 1 aromatic rings. The summed E-state index contributed by atoms with van der Waals surface area (Å²) in [5, 5.41) is 32.9. The van der Waals surface area contributed by atoms with Crippen LogP contribution < -0.4 is 10.2 Å². The van der Waals surface area contributed by atoms with Gasteiger partial charge in [-0.1, -0.05) is 0 Å². The minimum absolute atomic E-state index is 0.0842. The lowest BCUT2D eigenvalue weighted by Crippen LogP contribution is -2.25. The van der Waals surface area contributed by atoms with Crippen molar-refractivity contribution in [3.8, 4) is 0 Å². The molecule has 0 bridgehead atoms. The molecule has 0 aromatic heterocycles. The Labute approximate surface area is 121 Å². The van der Waals surface area contributed by atoms with Gasteiger partial charge in [-0.15, -0.1) is 0 Å². The zero-order chi connectivity index (χ0) is 15.6. The zero-order valence-corrected chi connectivity index (χ0v) is 11.5. The number of nitrogens with one attached hydrogen (secondary N) is 1. The highest BCUT2D eigenvalue weighted by molar-refractivity contribution is 5.96. The van der Waals surface area contributed by atoms with E-state index >= 15 is 0 Å². The summed E-state index contributed by atoms with van der Waals surface area (Å²) in [5.74, 6) is -0.325. The van der Waals surface area contributed by atoms with Crippen LogP contribution in [-0.2, 0) is 0 Å². The summed E-state index contributed by atoms with van der Waals surface area (Å²) < 4.78 is 0. The van der Waals surface area contributed by atoms with Gasteiger partial charge in [0.25, 0.3) is 11.6 Å². The molecule has 1 amide bonds. The normalized spacial score (nSPS) is 21.4. The number of carbonyl (C=O) groups excluding carboxylic acids is 1. The molecule has 0 spiro atoms. The van der Waals surface area contributed by atoms with Gasteiger partial charge in [0.1, 0.15) is 5.69 Å². The van der Waals surface area contributed by atoms with Gasteiger partial charge in [0.2, 0.25) is 0 Å². The standard InChI is InChI=1S/C13H17N3O5/c1-2-14-13(19)8-3-4-9(16(20)21)10(5-8)15-6-11(17)12(18)7-15/h3-5,11-12,17-18H,2,6-7H2,1H3,(H,14,19). The van der Waals surface area contributed by atoms with Crippen molar-refractivity contribution in [2.75, 3.05) is 24.5 Å². The molecule has 3 N–H and O–H groups in total. The fourth-order valence-corrected chi connectivity index (χ4v) is 2.30. The first-order valence-corrected chi connectivity index (χ1v) is 6.61. The summed E-state index contributed by atoms with van der Waals surface area (Å²) in [4.78, 5) is 23.9. The molecule has 0 radical (unpaired) electrons. The van der Waals surface area contributed by atoms with Crippen molar-refractivity contribution in [3.05, 3.63) is 33.9 Å². The number of carbonyl (C=O) groups is 1. The molecule has 2 unspecified atom stereocenters. The second-order valence-electron chi connectivity index (χ2n) is 4.86. The van der Waals surface area contributed by atoms with Crippen LogP contribution in [0.5, 0.6) is 0 Å². The van der Waals surface area contributed by atoms with Crippen molar-refractivity contribution in [3.63, 3.8) is 0 Å². The summed E-state index contributed by atoms with van der Waals surface area (Å²) in [6.45, 7) is 2.39.